The van der Waals surface area contributed by atoms with Crippen molar-refractivity contribution in [2.45, 2.75) is 62.8 Å². The van der Waals surface area contributed by atoms with E-state index in [0.717, 1.165) is 11.1 Å². The molecular weight excluding hydrogens is 701 g/mol. The minimum absolute atomic E-state index is 0.125. The van der Waals surface area contributed by atoms with Gasteiger partial charge in [0.05, 0.1) is 12.1 Å². The van der Waals surface area contributed by atoms with Crippen LogP contribution in [0, 0.1) is 0 Å². The van der Waals surface area contributed by atoms with Crippen molar-refractivity contribution in [2.24, 2.45) is 0 Å². The van der Waals surface area contributed by atoms with Gasteiger partial charge in [0, 0.05) is 54.4 Å². The Bertz CT molecular complexity index is 1670. The molecular formula is C40H50N2O10S. The number of para-hydroxylation sites is 2. The van der Waals surface area contributed by atoms with E-state index >= 15 is 8.42 Å². The lowest BCUT2D eigenvalue weighted by Gasteiger charge is -2.34. The molecule has 286 valence electrons. The Morgan fingerprint density at radius 3 is 1.26 bits per heavy atom. The molecule has 1 heterocycles. The molecule has 0 aromatic heterocycles. The maximum atomic E-state index is 15.2. The molecule has 0 amide bonds. The van der Waals surface area contributed by atoms with Gasteiger partial charge in [0.15, 0.2) is 12.6 Å². The lowest BCUT2D eigenvalue weighted by atomic mass is 9.98. The predicted octanol–water partition coefficient (Wildman–Crippen LogP) is 4.19. The largest absolute Gasteiger partial charge is 0.492 e. The molecule has 1 fully saturated rings. The van der Waals surface area contributed by atoms with Crippen LogP contribution in [0.4, 0.5) is 0 Å². The van der Waals surface area contributed by atoms with Crippen molar-refractivity contribution in [3.63, 3.8) is 0 Å². The average Bonchev–Trinajstić information content (AvgIpc) is 3.23. The number of methoxy groups -OCH3 is 4. The Kier molecular flexibility index (Phi) is 14.8. The summed E-state index contributed by atoms with van der Waals surface area (Å²) in [4.78, 5) is 0. The van der Waals surface area contributed by atoms with Crippen molar-refractivity contribution in [3.8, 4) is 11.5 Å². The third-order valence-corrected chi connectivity index (χ3v) is 11.3. The Morgan fingerprint density at radius 2 is 0.906 bits per heavy atom. The van der Waals surface area contributed by atoms with Gasteiger partial charge < -0.3 is 38.6 Å². The first-order chi connectivity index (χ1) is 25.7. The second-order valence-corrected chi connectivity index (χ2v) is 14.6. The number of hydrogen-bond donors (Lipinski definition) is 2. The highest BCUT2D eigenvalue weighted by molar-refractivity contribution is 7.86. The standard InChI is InChI=1S/C40H50N2O10S/c1-47-37(48-2)23-29-13-11-15-31(21-29)25-41-35(27-51-33-17-7-5-8-18-33)39(43)40(44)36(28-52-34-19-9-6-10-20-34)42(53(41,45)46)26-32-16-12-14-30(22-32)24-38(49-3)50-4/h5-22,35-40,43-44H,23-28H2,1-4H3/t35-,36-,39+,40+/m1/s1. The summed E-state index contributed by atoms with van der Waals surface area (Å²) in [7, 11) is 1.76. The number of aliphatic hydroxyl groups is 2. The smallest absolute Gasteiger partial charge is 0.283 e. The number of benzene rings is 4. The van der Waals surface area contributed by atoms with Crippen LogP contribution in [0.15, 0.2) is 109 Å². The topological polar surface area (TPSA) is 136 Å². The zero-order valence-electron chi connectivity index (χ0n) is 30.6. The van der Waals surface area contributed by atoms with Crippen LogP contribution in [0.25, 0.3) is 0 Å². The van der Waals surface area contributed by atoms with Gasteiger partial charge in [-0.1, -0.05) is 84.9 Å². The summed E-state index contributed by atoms with van der Waals surface area (Å²) < 4.78 is 66.7. The maximum absolute atomic E-state index is 15.2. The molecule has 4 aromatic carbocycles. The normalized spacial score (nSPS) is 20.8. The van der Waals surface area contributed by atoms with Gasteiger partial charge in [-0.2, -0.15) is 17.0 Å². The van der Waals surface area contributed by atoms with Gasteiger partial charge in [0.1, 0.15) is 36.9 Å². The van der Waals surface area contributed by atoms with E-state index in [4.69, 9.17) is 28.4 Å². The number of hydrogen-bond acceptors (Lipinski definition) is 10. The van der Waals surface area contributed by atoms with Crippen LogP contribution >= 0.6 is 0 Å². The van der Waals surface area contributed by atoms with Gasteiger partial charge in [-0.15, -0.1) is 0 Å². The molecule has 1 aliphatic heterocycles. The van der Waals surface area contributed by atoms with Crippen molar-refractivity contribution < 1.29 is 47.1 Å². The van der Waals surface area contributed by atoms with Crippen LogP contribution in [-0.4, -0.2) is 106 Å². The molecule has 0 unspecified atom stereocenters. The molecule has 13 heteroatoms. The number of rotatable bonds is 18. The van der Waals surface area contributed by atoms with E-state index in [1.165, 1.54) is 8.61 Å². The highest BCUT2D eigenvalue weighted by Gasteiger charge is 2.51. The second-order valence-electron chi connectivity index (χ2n) is 12.8. The molecule has 5 rings (SSSR count). The van der Waals surface area contributed by atoms with Crippen LogP contribution in [0.2, 0.25) is 0 Å². The van der Waals surface area contributed by atoms with Crippen molar-refractivity contribution in [2.75, 3.05) is 41.7 Å². The minimum atomic E-state index is -4.47. The van der Waals surface area contributed by atoms with Crippen molar-refractivity contribution >= 4 is 10.2 Å². The molecule has 0 aliphatic carbocycles. The predicted molar refractivity (Wildman–Crippen MR) is 199 cm³/mol. The molecule has 53 heavy (non-hydrogen) atoms. The van der Waals surface area contributed by atoms with E-state index in [9.17, 15) is 10.2 Å². The van der Waals surface area contributed by atoms with Crippen LogP contribution in [0.3, 0.4) is 0 Å². The van der Waals surface area contributed by atoms with Crippen LogP contribution in [0.5, 0.6) is 11.5 Å². The molecule has 1 aliphatic rings. The molecule has 2 N–H and O–H groups in total. The zero-order valence-corrected chi connectivity index (χ0v) is 31.4. The third-order valence-electron chi connectivity index (χ3n) is 9.31. The lowest BCUT2D eigenvalue weighted by molar-refractivity contribution is -0.100. The molecule has 4 atom stereocenters. The minimum Gasteiger partial charge on any atom is -0.492 e. The van der Waals surface area contributed by atoms with E-state index in [1.807, 2.05) is 60.7 Å². The average molecular weight is 751 g/mol. The third kappa shape index (κ3) is 10.6. The molecule has 0 spiro atoms. The molecule has 0 saturated carbocycles. The number of ether oxygens (including phenoxy) is 6. The van der Waals surface area contributed by atoms with Gasteiger partial charge in [-0.3, -0.25) is 0 Å². The lowest BCUT2D eigenvalue weighted by Crippen LogP contribution is -2.52. The summed E-state index contributed by atoms with van der Waals surface area (Å²) in [5, 5.41) is 24.0. The van der Waals surface area contributed by atoms with E-state index in [2.05, 4.69) is 0 Å². The van der Waals surface area contributed by atoms with Gasteiger partial charge in [0.25, 0.3) is 10.2 Å². The summed E-state index contributed by atoms with van der Waals surface area (Å²) in [6.45, 7) is -0.720. The fraction of sp³-hybridized carbons (Fsp3) is 0.400. The molecule has 4 aromatic rings. The summed E-state index contributed by atoms with van der Waals surface area (Å²) >= 11 is 0. The van der Waals surface area contributed by atoms with E-state index < -0.39 is 47.1 Å². The van der Waals surface area contributed by atoms with E-state index in [-0.39, 0.29) is 26.3 Å². The van der Waals surface area contributed by atoms with Gasteiger partial charge >= 0.3 is 0 Å². The maximum Gasteiger partial charge on any atom is 0.283 e. The van der Waals surface area contributed by atoms with Crippen LogP contribution in [-0.2, 0) is 55.1 Å². The van der Waals surface area contributed by atoms with E-state index in [1.54, 1.807) is 77.0 Å². The van der Waals surface area contributed by atoms with Crippen LogP contribution in [0.1, 0.15) is 22.3 Å². The summed E-state index contributed by atoms with van der Waals surface area (Å²) in [5.74, 6) is 0.983. The molecule has 0 bridgehead atoms. The highest BCUT2D eigenvalue weighted by Crippen LogP contribution is 2.32. The monoisotopic (exact) mass is 750 g/mol. The molecule has 1 saturated heterocycles. The summed E-state index contributed by atoms with van der Waals surface area (Å²) in [5.41, 5.74) is 3.06. The Labute approximate surface area is 312 Å². The molecule has 12 nitrogen and oxygen atoms in total. The fourth-order valence-electron chi connectivity index (χ4n) is 6.41. The Hall–Kier alpha value is -3.89. The SMILES string of the molecule is COC(Cc1cccc(CN2[C@H](COc3ccccc3)[C@H](O)[C@@H](O)[C@@H](COc3ccccc3)N(Cc3cccc(CC(OC)OC)c3)S2(=O)=O)c1)OC. The van der Waals surface area contributed by atoms with Crippen molar-refractivity contribution in [1.82, 2.24) is 8.61 Å². The summed E-state index contributed by atoms with van der Waals surface area (Å²) in [6.07, 6.45) is -3.24. The zero-order chi connectivity index (χ0) is 37.8. The first kappa shape index (κ1) is 40.3. The van der Waals surface area contributed by atoms with Crippen molar-refractivity contribution in [3.05, 3.63) is 131 Å². The van der Waals surface area contributed by atoms with Gasteiger partial charge in [0.2, 0.25) is 0 Å². The number of aliphatic hydroxyl groups excluding tert-OH is 2. The first-order valence-electron chi connectivity index (χ1n) is 17.4. The Morgan fingerprint density at radius 1 is 0.547 bits per heavy atom. The molecule has 0 radical (unpaired) electrons. The quantitative estimate of drug-likeness (QED) is 0.143. The van der Waals surface area contributed by atoms with Gasteiger partial charge in [-0.25, -0.2) is 0 Å². The van der Waals surface area contributed by atoms with E-state index in [0.29, 0.717) is 35.5 Å². The summed E-state index contributed by atoms with van der Waals surface area (Å²) in [6, 6.07) is 30.4. The fourth-order valence-corrected chi connectivity index (χ4v) is 8.36. The van der Waals surface area contributed by atoms with Crippen molar-refractivity contribution in [1.29, 1.82) is 0 Å². The second kappa shape index (κ2) is 19.4. The van der Waals surface area contributed by atoms with Crippen LogP contribution < -0.4 is 9.47 Å². The Balaban J connectivity index is 1.57. The van der Waals surface area contributed by atoms with Gasteiger partial charge in [-0.05, 0) is 46.5 Å². The first-order valence-corrected chi connectivity index (χ1v) is 18.8. The number of nitrogens with zero attached hydrogens (tertiary/aromatic N) is 2. The highest BCUT2D eigenvalue weighted by atomic mass is 32.2.